The standard InChI is InChI=1S/C20H22F3N3O6S/c1-12(2)26-32-18(27)6-5-9-33(28,29)19-24-14(11-17(25-19)20(21,22)23)13-7-8-15(30-3)16(10-13)31-4/h7-8,10-11H,5-6,9H2,1-4H3. The van der Waals surface area contributed by atoms with E-state index in [9.17, 15) is 26.4 Å². The maximum absolute atomic E-state index is 13.4. The molecule has 0 spiro atoms. The van der Waals surface area contributed by atoms with Crippen LogP contribution in [0.4, 0.5) is 13.2 Å². The second-order valence-corrected chi connectivity index (χ2v) is 8.92. The first-order valence-corrected chi connectivity index (χ1v) is 11.1. The molecule has 0 bridgehead atoms. The van der Waals surface area contributed by atoms with E-state index >= 15 is 0 Å². The Hall–Kier alpha value is -3.22. The summed E-state index contributed by atoms with van der Waals surface area (Å²) in [5.74, 6) is -0.894. The minimum Gasteiger partial charge on any atom is -0.493 e. The number of carbonyl (C=O) groups excluding carboxylic acids is 1. The van der Waals surface area contributed by atoms with Crippen LogP contribution < -0.4 is 9.47 Å². The number of hydrogen-bond donors (Lipinski definition) is 0. The SMILES string of the molecule is COc1ccc(-c2cc(C(F)(F)F)nc(S(=O)(=O)CCCC(=O)ON=C(C)C)n2)cc1OC. The van der Waals surface area contributed by atoms with E-state index < -0.39 is 38.6 Å². The second kappa shape index (κ2) is 10.6. The Labute approximate surface area is 188 Å². The lowest BCUT2D eigenvalue weighted by Crippen LogP contribution is -2.17. The molecule has 0 aliphatic heterocycles. The minimum absolute atomic E-state index is 0.161. The van der Waals surface area contributed by atoms with Gasteiger partial charge in [-0.05, 0) is 44.5 Å². The van der Waals surface area contributed by atoms with Gasteiger partial charge < -0.3 is 14.3 Å². The van der Waals surface area contributed by atoms with Gasteiger partial charge >= 0.3 is 12.1 Å². The summed E-state index contributed by atoms with van der Waals surface area (Å²) in [5.41, 5.74) is -1.05. The molecule has 33 heavy (non-hydrogen) atoms. The topological polar surface area (TPSA) is 117 Å². The summed E-state index contributed by atoms with van der Waals surface area (Å²) in [6, 6.07) is 4.86. The number of methoxy groups -OCH3 is 2. The highest BCUT2D eigenvalue weighted by Gasteiger charge is 2.35. The van der Waals surface area contributed by atoms with Gasteiger partial charge in [0.15, 0.2) is 11.5 Å². The lowest BCUT2D eigenvalue weighted by atomic mass is 10.1. The number of sulfone groups is 1. The molecule has 0 saturated carbocycles. The molecule has 1 heterocycles. The molecule has 1 aromatic heterocycles. The number of alkyl halides is 3. The zero-order chi connectivity index (χ0) is 24.8. The smallest absolute Gasteiger partial charge is 0.433 e. The molecule has 2 aromatic rings. The average Bonchev–Trinajstić information content (AvgIpc) is 2.76. The van der Waals surface area contributed by atoms with Gasteiger partial charge in [-0.1, -0.05) is 5.16 Å². The Morgan fingerprint density at radius 1 is 1.06 bits per heavy atom. The van der Waals surface area contributed by atoms with Crippen molar-refractivity contribution in [1.29, 1.82) is 0 Å². The summed E-state index contributed by atoms with van der Waals surface area (Å²) < 4.78 is 75.8. The molecule has 180 valence electrons. The molecule has 0 aliphatic carbocycles. The first-order chi connectivity index (χ1) is 15.4. The van der Waals surface area contributed by atoms with Gasteiger partial charge in [-0.3, -0.25) is 0 Å². The van der Waals surface area contributed by atoms with E-state index in [1.165, 1.54) is 32.4 Å². The molecule has 0 atom stereocenters. The van der Waals surface area contributed by atoms with Crippen molar-refractivity contribution in [1.82, 2.24) is 9.97 Å². The van der Waals surface area contributed by atoms with Crippen molar-refractivity contribution in [3.63, 3.8) is 0 Å². The predicted octanol–water partition coefficient (Wildman–Crippen LogP) is 3.67. The van der Waals surface area contributed by atoms with E-state index in [0.29, 0.717) is 17.5 Å². The fourth-order valence-corrected chi connectivity index (χ4v) is 3.72. The van der Waals surface area contributed by atoms with E-state index in [2.05, 4.69) is 20.0 Å². The number of nitrogens with zero attached hydrogens (tertiary/aromatic N) is 3. The molecule has 0 aliphatic rings. The Morgan fingerprint density at radius 3 is 2.30 bits per heavy atom. The number of oxime groups is 1. The third kappa shape index (κ3) is 7.14. The molecule has 0 unspecified atom stereocenters. The largest absolute Gasteiger partial charge is 0.493 e. The lowest BCUT2D eigenvalue weighted by molar-refractivity contribution is -0.143. The van der Waals surface area contributed by atoms with Crippen LogP contribution >= 0.6 is 0 Å². The summed E-state index contributed by atoms with van der Waals surface area (Å²) in [5, 5.41) is 2.45. The quantitative estimate of drug-likeness (QED) is 0.227. The molecule has 1 aromatic carbocycles. The Morgan fingerprint density at radius 2 is 1.73 bits per heavy atom. The van der Waals surface area contributed by atoms with Crippen LogP contribution in [0.3, 0.4) is 0 Å². The summed E-state index contributed by atoms with van der Waals surface area (Å²) in [4.78, 5) is 23.2. The van der Waals surface area contributed by atoms with Crippen molar-refractivity contribution in [3.8, 4) is 22.8 Å². The molecular formula is C20H22F3N3O6S. The number of aromatic nitrogens is 2. The van der Waals surface area contributed by atoms with Crippen molar-refractivity contribution < 1.29 is 40.7 Å². The van der Waals surface area contributed by atoms with Crippen LogP contribution in [0.2, 0.25) is 0 Å². The van der Waals surface area contributed by atoms with Crippen LogP contribution in [-0.2, 0) is 25.6 Å². The van der Waals surface area contributed by atoms with Gasteiger partial charge in [-0.2, -0.15) is 13.2 Å². The first-order valence-electron chi connectivity index (χ1n) is 9.50. The number of ether oxygens (including phenoxy) is 2. The van der Waals surface area contributed by atoms with Crippen molar-refractivity contribution in [3.05, 3.63) is 30.0 Å². The highest BCUT2D eigenvalue weighted by molar-refractivity contribution is 7.91. The molecule has 9 nitrogen and oxygen atoms in total. The highest BCUT2D eigenvalue weighted by atomic mass is 32.2. The van der Waals surface area contributed by atoms with Crippen LogP contribution in [0, 0.1) is 0 Å². The summed E-state index contributed by atoms with van der Waals surface area (Å²) in [6.07, 6.45) is -5.44. The molecule has 0 amide bonds. The number of rotatable bonds is 9. The molecule has 13 heteroatoms. The minimum atomic E-state index is -4.92. The van der Waals surface area contributed by atoms with E-state index in [0.717, 1.165) is 0 Å². The monoisotopic (exact) mass is 489 g/mol. The molecule has 0 radical (unpaired) electrons. The molecular weight excluding hydrogens is 467 g/mol. The Kier molecular flexibility index (Phi) is 8.36. The van der Waals surface area contributed by atoms with Gasteiger partial charge in [0.05, 0.1) is 31.4 Å². The molecule has 2 rings (SSSR count). The van der Waals surface area contributed by atoms with Crippen LogP contribution in [0.1, 0.15) is 32.4 Å². The number of benzene rings is 1. The van der Waals surface area contributed by atoms with Gasteiger partial charge in [-0.15, -0.1) is 0 Å². The van der Waals surface area contributed by atoms with Crippen LogP contribution in [0.25, 0.3) is 11.3 Å². The van der Waals surface area contributed by atoms with Gasteiger partial charge in [0, 0.05) is 12.0 Å². The first kappa shape index (κ1) is 26.0. The maximum atomic E-state index is 13.4. The van der Waals surface area contributed by atoms with Gasteiger partial charge in [-0.25, -0.2) is 23.2 Å². The Bertz CT molecular complexity index is 1150. The zero-order valence-corrected chi connectivity index (χ0v) is 19.1. The number of halogens is 3. The lowest BCUT2D eigenvalue weighted by Gasteiger charge is -2.13. The predicted molar refractivity (Wildman–Crippen MR) is 112 cm³/mol. The van der Waals surface area contributed by atoms with E-state index in [-0.39, 0.29) is 29.8 Å². The number of hydrogen-bond acceptors (Lipinski definition) is 9. The van der Waals surface area contributed by atoms with Crippen molar-refractivity contribution >= 4 is 21.5 Å². The highest BCUT2D eigenvalue weighted by Crippen LogP contribution is 2.35. The zero-order valence-electron chi connectivity index (χ0n) is 18.3. The van der Waals surface area contributed by atoms with Crippen LogP contribution in [0.15, 0.2) is 34.6 Å². The number of carbonyl (C=O) groups is 1. The molecule has 0 fully saturated rings. The normalized spacial score (nSPS) is 11.6. The summed E-state index contributed by atoms with van der Waals surface area (Å²) in [7, 11) is -1.62. The van der Waals surface area contributed by atoms with Gasteiger partial charge in [0.1, 0.15) is 5.69 Å². The molecule has 0 N–H and O–H groups in total. The fraction of sp³-hybridized carbons (Fsp3) is 0.400. The summed E-state index contributed by atoms with van der Waals surface area (Å²) in [6.45, 7) is 3.19. The Balaban J connectivity index is 2.39. The van der Waals surface area contributed by atoms with Gasteiger partial charge in [0.25, 0.3) is 0 Å². The summed E-state index contributed by atoms with van der Waals surface area (Å²) >= 11 is 0. The van der Waals surface area contributed by atoms with Crippen molar-refractivity contribution in [2.45, 2.75) is 38.0 Å². The van der Waals surface area contributed by atoms with Crippen LogP contribution in [-0.4, -0.2) is 50.0 Å². The van der Waals surface area contributed by atoms with E-state index in [1.54, 1.807) is 13.8 Å². The van der Waals surface area contributed by atoms with Crippen LogP contribution in [0.5, 0.6) is 11.5 Å². The molecule has 0 saturated heterocycles. The van der Waals surface area contributed by atoms with Crippen molar-refractivity contribution in [2.75, 3.05) is 20.0 Å². The fourth-order valence-electron chi connectivity index (χ4n) is 2.54. The third-order valence-corrected chi connectivity index (χ3v) is 5.64. The van der Waals surface area contributed by atoms with Gasteiger partial charge in [0.2, 0.25) is 15.0 Å². The van der Waals surface area contributed by atoms with E-state index in [4.69, 9.17) is 9.47 Å². The van der Waals surface area contributed by atoms with E-state index in [1.807, 2.05) is 0 Å². The maximum Gasteiger partial charge on any atom is 0.433 e. The second-order valence-electron chi connectivity index (χ2n) is 6.91. The average molecular weight is 489 g/mol. The third-order valence-electron chi connectivity index (χ3n) is 4.08. The van der Waals surface area contributed by atoms with Crippen molar-refractivity contribution in [2.24, 2.45) is 5.16 Å².